The Kier molecular flexibility index (Phi) is 4.20. The average molecular weight is 274 g/mol. The minimum Gasteiger partial charge on any atom is -0.493 e. The molecule has 0 saturated heterocycles. The second kappa shape index (κ2) is 5.88. The van der Waals surface area contributed by atoms with Gasteiger partial charge in [0.05, 0.1) is 12.1 Å². The van der Waals surface area contributed by atoms with Crippen LogP contribution in [0.1, 0.15) is 29.9 Å². The summed E-state index contributed by atoms with van der Waals surface area (Å²) in [5.74, 6) is -0.186. The van der Waals surface area contributed by atoms with Crippen LogP contribution in [0.3, 0.4) is 0 Å². The maximum atomic E-state index is 11.2. The van der Waals surface area contributed by atoms with Crippen molar-refractivity contribution >= 4 is 16.9 Å². The molecular weight excluding hydrogens is 256 g/mol. The number of carboxylic acids is 1. The number of rotatable bonds is 5. The number of pyridine rings is 1. The maximum Gasteiger partial charge on any atom is 0.354 e. The summed E-state index contributed by atoms with van der Waals surface area (Å²) in [5, 5.41) is 9.95. The molecule has 106 valence electrons. The molecule has 5 nitrogen and oxygen atoms in total. The van der Waals surface area contributed by atoms with E-state index in [1.54, 1.807) is 0 Å². The van der Waals surface area contributed by atoms with Crippen molar-refractivity contribution in [3.8, 4) is 5.75 Å². The Balaban J connectivity index is 2.61. The number of fused-ring (bicyclic) bond motifs is 1. The molecule has 2 aromatic rings. The van der Waals surface area contributed by atoms with E-state index >= 15 is 0 Å². The molecule has 0 bridgehead atoms. The number of hydrogen-bond acceptors (Lipinski definition) is 4. The summed E-state index contributed by atoms with van der Waals surface area (Å²) in [6.07, 6.45) is 0. The fourth-order valence-corrected chi connectivity index (χ4v) is 1.93. The first-order valence-corrected chi connectivity index (χ1v) is 6.51. The Morgan fingerprint density at radius 1 is 1.45 bits per heavy atom. The maximum absolute atomic E-state index is 11.2. The van der Waals surface area contributed by atoms with Crippen LogP contribution < -0.4 is 10.5 Å². The largest absolute Gasteiger partial charge is 0.493 e. The van der Waals surface area contributed by atoms with Crippen molar-refractivity contribution in [2.45, 2.75) is 20.4 Å². The molecule has 0 aliphatic carbocycles. The highest BCUT2D eigenvalue weighted by atomic mass is 16.5. The third-order valence-corrected chi connectivity index (χ3v) is 2.90. The van der Waals surface area contributed by atoms with Crippen molar-refractivity contribution in [2.75, 3.05) is 6.61 Å². The monoisotopic (exact) mass is 274 g/mol. The fourth-order valence-electron chi connectivity index (χ4n) is 1.93. The number of carboxylic acid groups (broad SMARTS) is 1. The van der Waals surface area contributed by atoms with E-state index < -0.39 is 5.97 Å². The van der Waals surface area contributed by atoms with E-state index in [9.17, 15) is 4.79 Å². The fraction of sp³-hybridized carbons (Fsp3) is 0.333. The third kappa shape index (κ3) is 2.88. The number of hydrogen-bond donors (Lipinski definition) is 2. The van der Waals surface area contributed by atoms with Gasteiger partial charge in [0.1, 0.15) is 5.75 Å². The Morgan fingerprint density at radius 3 is 2.80 bits per heavy atom. The highest BCUT2D eigenvalue weighted by Gasteiger charge is 2.14. The Hall–Kier alpha value is -2.14. The molecule has 0 fully saturated rings. The zero-order valence-electron chi connectivity index (χ0n) is 11.6. The molecule has 0 aliphatic rings. The molecule has 0 spiro atoms. The zero-order chi connectivity index (χ0) is 14.7. The van der Waals surface area contributed by atoms with E-state index in [0.29, 0.717) is 30.3 Å². The van der Waals surface area contributed by atoms with Crippen molar-refractivity contribution in [3.05, 3.63) is 35.5 Å². The lowest BCUT2D eigenvalue weighted by Crippen LogP contribution is -2.08. The molecule has 5 heteroatoms. The summed E-state index contributed by atoms with van der Waals surface area (Å²) in [7, 11) is 0. The number of aromatic carboxylic acids is 1. The number of benzene rings is 1. The van der Waals surface area contributed by atoms with Crippen molar-refractivity contribution in [1.82, 2.24) is 4.98 Å². The number of nitrogens with zero attached hydrogens (tertiary/aromatic N) is 1. The van der Waals surface area contributed by atoms with Crippen LogP contribution in [0, 0.1) is 5.92 Å². The highest BCUT2D eigenvalue weighted by molar-refractivity contribution is 5.94. The number of carbonyl (C=O) groups is 1. The van der Waals surface area contributed by atoms with Crippen LogP contribution in [-0.2, 0) is 6.54 Å². The Labute approximate surface area is 117 Å². The molecule has 3 N–H and O–H groups in total. The first kappa shape index (κ1) is 14.3. The zero-order valence-corrected chi connectivity index (χ0v) is 11.6. The lowest BCUT2D eigenvalue weighted by Gasteiger charge is -2.13. The normalized spacial score (nSPS) is 11.0. The van der Waals surface area contributed by atoms with Crippen molar-refractivity contribution in [2.24, 2.45) is 11.7 Å². The van der Waals surface area contributed by atoms with Gasteiger partial charge in [-0.1, -0.05) is 26.0 Å². The van der Waals surface area contributed by atoms with E-state index in [0.717, 1.165) is 10.9 Å². The van der Waals surface area contributed by atoms with E-state index in [1.807, 2.05) is 32.0 Å². The van der Waals surface area contributed by atoms with Gasteiger partial charge in [-0.05, 0) is 17.5 Å². The van der Waals surface area contributed by atoms with Crippen LogP contribution >= 0.6 is 0 Å². The van der Waals surface area contributed by atoms with Gasteiger partial charge in [0.25, 0.3) is 0 Å². The second-order valence-corrected chi connectivity index (χ2v) is 5.03. The number of nitrogens with two attached hydrogens (primary N) is 1. The lowest BCUT2D eigenvalue weighted by molar-refractivity contribution is 0.0690. The van der Waals surface area contributed by atoms with Crippen molar-refractivity contribution < 1.29 is 14.6 Å². The number of para-hydroxylation sites is 1. The van der Waals surface area contributed by atoms with Crippen LogP contribution in [0.2, 0.25) is 0 Å². The first-order chi connectivity index (χ1) is 9.52. The quantitative estimate of drug-likeness (QED) is 0.874. The van der Waals surface area contributed by atoms with Gasteiger partial charge < -0.3 is 15.6 Å². The highest BCUT2D eigenvalue weighted by Crippen LogP contribution is 2.28. The van der Waals surface area contributed by atoms with E-state index in [1.165, 1.54) is 6.07 Å². The summed E-state index contributed by atoms with van der Waals surface area (Å²) in [6, 6.07) is 7.04. The molecular formula is C15H18N2O3. The second-order valence-electron chi connectivity index (χ2n) is 5.03. The van der Waals surface area contributed by atoms with E-state index in [2.05, 4.69) is 4.98 Å². The predicted octanol–water partition coefficient (Wildman–Crippen LogP) is 2.43. The smallest absolute Gasteiger partial charge is 0.354 e. The van der Waals surface area contributed by atoms with Crippen LogP contribution in [0.25, 0.3) is 10.9 Å². The van der Waals surface area contributed by atoms with Crippen LogP contribution in [0.15, 0.2) is 24.3 Å². The number of aromatic nitrogens is 1. The standard InChI is InChI=1S/C15H18N2O3/c1-9(2)8-20-13-6-12(15(18)19)17-14-10(7-16)4-3-5-11(13)14/h3-6,9H,7-8,16H2,1-2H3,(H,18,19). The summed E-state index contributed by atoms with van der Waals surface area (Å²) < 4.78 is 5.73. The molecule has 20 heavy (non-hydrogen) atoms. The first-order valence-electron chi connectivity index (χ1n) is 6.51. The van der Waals surface area contributed by atoms with Gasteiger partial charge >= 0.3 is 5.97 Å². The molecule has 2 rings (SSSR count). The van der Waals surface area contributed by atoms with E-state index in [-0.39, 0.29) is 5.69 Å². The van der Waals surface area contributed by atoms with Gasteiger partial charge in [0.2, 0.25) is 0 Å². The topological polar surface area (TPSA) is 85.4 Å². The minimum atomic E-state index is -1.08. The van der Waals surface area contributed by atoms with Crippen molar-refractivity contribution in [1.29, 1.82) is 0 Å². The van der Waals surface area contributed by atoms with Gasteiger partial charge in [0, 0.05) is 18.0 Å². The van der Waals surface area contributed by atoms with Gasteiger partial charge in [-0.25, -0.2) is 9.78 Å². The van der Waals surface area contributed by atoms with Gasteiger partial charge in [-0.3, -0.25) is 0 Å². The molecule has 1 aromatic carbocycles. The molecule has 0 aliphatic heterocycles. The summed E-state index contributed by atoms with van der Waals surface area (Å²) >= 11 is 0. The molecule has 0 unspecified atom stereocenters. The molecule has 1 heterocycles. The average Bonchev–Trinajstić information content (AvgIpc) is 2.43. The van der Waals surface area contributed by atoms with Gasteiger partial charge in [0.15, 0.2) is 5.69 Å². The predicted molar refractivity (Wildman–Crippen MR) is 76.9 cm³/mol. The lowest BCUT2D eigenvalue weighted by atomic mass is 10.1. The van der Waals surface area contributed by atoms with E-state index in [4.69, 9.17) is 15.6 Å². The molecule has 0 saturated carbocycles. The summed E-state index contributed by atoms with van der Waals surface area (Å²) in [5.41, 5.74) is 7.05. The van der Waals surface area contributed by atoms with Crippen LogP contribution in [-0.4, -0.2) is 22.7 Å². The molecule has 0 radical (unpaired) electrons. The van der Waals surface area contributed by atoms with Crippen LogP contribution in [0.5, 0.6) is 5.75 Å². The molecule has 0 amide bonds. The minimum absolute atomic E-state index is 0.0304. The molecule has 0 atom stereocenters. The van der Waals surface area contributed by atoms with Crippen molar-refractivity contribution in [3.63, 3.8) is 0 Å². The summed E-state index contributed by atoms with van der Waals surface area (Å²) in [6.45, 7) is 4.89. The molecule has 1 aromatic heterocycles. The van der Waals surface area contributed by atoms with Gasteiger partial charge in [-0.15, -0.1) is 0 Å². The third-order valence-electron chi connectivity index (χ3n) is 2.90. The Bertz CT molecular complexity index is 638. The number of ether oxygens (including phenoxy) is 1. The SMILES string of the molecule is CC(C)COc1cc(C(=O)O)nc2c(CN)cccc12. The van der Waals surface area contributed by atoms with Crippen LogP contribution in [0.4, 0.5) is 0 Å². The summed E-state index contributed by atoms with van der Waals surface area (Å²) in [4.78, 5) is 15.4. The Morgan fingerprint density at radius 2 is 2.20 bits per heavy atom. The van der Waals surface area contributed by atoms with Gasteiger partial charge in [-0.2, -0.15) is 0 Å².